The normalized spacial score (nSPS) is 11.4. The van der Waals surface area contributed by atoms with Gasteiger partial charge in [-0.2, -0.15) is 0 Å². The van der Waals surface area contributed by atoms with Crippen LogP contribution in [0.5, 0.6) is 0 Å². The Morgan fingerprint density at radius 3 is 1.86 bits per heavy atom. The molecule has 21 heavy (non-hydrogen) atoms. The maximum Gasteiger partial charge on any atom is 0.213 e. The molecule has 4 nitrogen and oxygen atoms in total. The van der Waals surface area contributed by atoms with Gasteiger partial charge in [0.25, 0.3) is 0 Å². The fourth-order valence-electron chi connectivity index (χ4n) is 2.26. The summed E-state index contributed by atoms with van der Waals surface area (Å²) in [5.74, 6) is 0.607. The van der Waals surface area contributed by atoms with Crippen molar-refractivity contribution in [3.05, 3.63) is 71.3 Å². The third-order valence-corrected chi connectivity index (χ3v) is 6.47. The van der Waals surface area contributed by atoms with Crippen LogP contribution in [0.25, 0.3) is 0 Å². The van der Waals surface area contributed by atoms with Gasteiger partial charge in [-0.05, 0) is 12.2 Å². The van der Waals surface area contributed by atoms with E-state index in [4.69, 9.17) is 12.2 Å². The molecular formula is C15H14N3OPS. The zero-order valence-electron chi connectivity index (χ0n) is 11.2. The number of rotatable bonds is 4. The van der Waals surface area contributed by atoms with Crippen molar-refractivity contribution in [3.8, 4) is 0 Å². The summed E-state index contributed by atoms with van der Waals surface area (Å²) in [6.07, 6.45) is 0.314. The molecule has 0 saturated carbocycles. The van der Waals surface area contributed by atoms with Crippen LogP contribution in [0.15, 0.2) is 60.7 Å². The van der Waals surface area contributed by atoms with E-state index in [1.165, 1.54) is 0 Å². The van der Waals surface area contributed by atoms with E-state index in [1.807, 2.05) is 60.7 Å². The second-order valence-electron chi connectivity index (χ2n) is 4.68. The van der Waals surface area contributed by atoms with Gasteiger partial charge in [-0.3, -0.25) is 10.2 Å². The molecule has 0 fully saturated rings. The molecule has 3 aromatic rings. The second-order valence-corrected chi connectivity index (χ2v) is 7.90. The minimum atomic E-state index is -2.79. The molecule has 0 atom stereocenters. The molecular weight excluding hydrogens is 301 g/mol. The van der Waals surface area contributed by atoms with Gasteiger partial charge in [-0.15, -0.1) is 0 Å². The first kappa shape index (κ1) is 14.0. The average Bonchev–Trinajstić information content (AvgIpc) is 2.94. The van der Waals surface area contributed by atoms with Crippen molar-refractivity contribution in [2.75, 3.05) is 0 Å². The van der Waals surface area contributed by atoms with Crippen molar-refractivity contribution in [3.63, 3.8) is 0 Å². The molecule has 0 spiro atoms. The Labute approximate surface area is 127 Å². The summed E-state index contributed by atoms with van der Waals surface area (Å²) >= 11 is 4.97. The fourth-order valence-corrected chi connectivity index (χ4v) is 4.96. The molecule has 0 unspecified atom stereocenters. The van der Waals surface area contributed by atoms with Gasteiger partial charge in [0, 0.05) is 10.6 Å². The maximum absolute atomic E-state index is 13.7. The summed E-state index contributed by atoms with van der Waals surface area (Å²) in [6.45, 7) is 0. The van der Waals surface area contributed by atoms with Crippen molar-refractivity contribution < 1.29 is 4.57 Å². The first-order valence-corrected chi connectivity index (χ1v) is 8.82. The number of hydrogen-bond acceptors (Lipinski definition) is 3. The SMILES string of the molecule is O=P(Cc1nc(=S)[nH][nH]1)(c1ccccc1)c1ccccc1. The highest BCUT2D eigenvalue weighted by atomic mass is 32.1. The Bertz CT molecular complexity index is 783. The van der Waals surface area contributed by atoms with Crippen LogP contribution in [0.2, 0.25) is 0 Å². The van der Waals surface area contributed by atoms with Crippen LogP contribution in [-0.4, -0.2) is 15.2 Å². The van der Waals surface area contributed by atoms with Crippen LogP contribution in [0.3, 0.4) is 0 Å². The Balaban J connectivity index is 2.11. The zero-order valence-corrected chi connectivity index (χ0v) is 12.9. The van der Waals surface area contributed by atoms with E-state index in [-0.39, 0.29) is 0 Å². The summed E-state index contributed by atoms with van der Waals surface area (Å²) in [5.41, 5.74) is 0. The zero-order chi connectivity index (χ0) is 14.7. The lowest BCUT2D eigenvalue weighted by molar-refractivity contribution is 0.585. The van der Waals surface area contributed by atoms with Crippen LogP contribution >= 0.6 is 19.4 Å². The van der Waals surface area contributed by atoms with Crippen LogP contribution in [0.4, 0.5) is 0 Å². The number of aromatic nitrogens is 3. The van der Waals surface area contributed by atoms with Crippen LogP contribution in [0, 0.1) is 4.77 Å². The van der Waals surface area contributed by atoms with Gasteiger partial charge in [0.1, 0.15) is 5.82 Å². The molecule has 6 heteroatoms. The van der Waals surface area contributed by atoms with Crippen LogP contribution < -0.4 is 10.6 Å². The van der Waals surface area contributed by atoms with Gasteiger partial charge in [0.2, 0.25) is 4.77 Å². The highest BCUT2D eigenvalue weighted by Gasteiger charge is 2.28. The smallest absolute Gasteiger partial charge is 0.213 e. The standard InChI is InChI=1S/C15H14N3OPS/c19-20(12-7-3-1-4-8-12,13-9-5-2-6-10-13)11-14-16-15(21)18-17-14/h1-10H,11H2,(H2,16,17,18,21). The molecule has 0 saturated heterocycles. The van der Waals surface area contributed by atoms with E-state index in [2.05, 4.69) is 15.2 Å². The van der Waals surface area contributed by atoms with E-state index >= 15 is 0 Å². The number of nitrogens with one attached hydrogen (secondary N) is 2. The Kier molecular flexibility index (Phi) is 3.86. The summed E-state index contributed by atoms with van der Waals surface area (Å²) in [5, 5.41) is 7.28. The first-order valence-electron chi connectivity index (χ1n) is 6.52. The van der Waals surface area contributed by atoms with Gasteiger partial charge in [-0.1, -0.05) is 60.7 Å². The first-order chi connectivity index (χ1) is 10.2. The van der Waals surface area contributed by atoms with E-state index < -0.39 is 7.14 Å². The number of hydrogen-bond donors (Lipinski definition) is 2. The van der Waals surface area contributed by atoms with Gasteiger partial charge >= 0.3 is 0 Å². The van der Waals surface area contributed by atoms with E-state index in [0.717, 1.165) is 10.6 Å². The van der Waals surface area contributed by atoms with Crippen molar-refractivity contribution >= 4 is 30.0 Å². The summed E-state index contributed by atoms with van der Waals surface area (Å²) in [7, 11) is -2.79. The van der Waals surface area contributed by atoms with E-state index in [0.29, 0.717) is 16.8 Å². The third kappa shape index (κ3) is 2.89. The Morgan fingerprint density at radius 2 is 1.43 bits per heavy atom. The molecule has 1 heterocycles. The average molecular weight is 315 g/mol. The van der Waals surface area contributed by atoms with Crippen LogP contribution in [-0.2, 0) is 10.7 Å². The molecule has 0 bridgehead atoms. The maximum atomic E-state index is 13.7. The quantitative estimate of drug-likeness (QED) is 0.575. The third-order valence-electron chi connectivity index (χ3n) is 3.27. The van der Waals surface area contributed by atoms with E-state index in [1.54, 1.807) is 0 Å². The number of H-pyrrole nitrogens is 2. The molecule has 0 amide bonds. The van der Waals surface area contributed by atoms with Gasteiger partial charge in [0.15, 0.2) is 7.14 Å². The molecule has 0 aliphatic rings. The lowest BCUT2D eigenvalue weighted by Crippen LogP contribution is -2.17. The summed E-state index contributed by atoms with van der Waals surface area (Å²) in [6, 6.07) is 19.0. The van der Waals surface area contributed by atoms with Gasteiger partial charge in [0.05, 0.1) is 6.16 Å². The van der Waals surface area contributed by atoms with Gasteiger partial charge < -0.3 is 4.57 Å². The molecule has 0 aliphatic carbocycles. The predicted molar refractivity (Wildman–Crippen MR) is 87.2 cm³/mol. The lowest BCUT2D eigenvalue weighted by atomic mass is 10.4. The van der Waals surface area contributed by atoms with E-state index in [9.17, 15) is 4.57 Å². The summed E-state index contributed by atoms with van der Waals surface area (Å²) in [4.78, 5) is 4.18. The number of nitrogens with zero attached hydrogens (tertiary/aromatic N) is 1. The highest BCUT2D eigenvalue weighted by Crippen LogP contribution is 2.46. The number of benzene rings is 2. The molecule has 0 radical (unpaired) electrons. The lowest BCUT2D eigenvalue weighted by Gasteiger charge is -2.18. The Hall–Kier alpha value is -1.97. The Morgan fingerprint density at radius 1 is 0.905 bits per heavy atom. The topological polar surface area (TPSA) is 61.5 Å². The van der Waals surface area contributed by atoms with Crippen molar-refractivity contribution in [1.29, 1.82) is 0 Å². The highest BCUT2D eigenvalue weighted by molar-refractivity contribution is 7.78. The minimum Gasteiger partial charge on any atom is -0.313 e. The largest absolute Gasteiger partial charge is 0.313 e. The molecule has 0 aliphatic heterocycles. The summed E-state index contributed by atoms with van der Waals surface area (Å²) < 4.78 is 14.1. The van der Waals surface area contributed by atoms with Gasteiger partial charge in [-0.25, -0.2) is 4.98 Å². The van der Waals surface area contributed by atoms with Crippen LogP contribution in [0.1, 0.15) is 5.82 Å². The molecule has 3 rings (SSSR count). The molecule has 2 aromatic carbocycles. The molecule has 106 valence electrons. The minimum absolute atomic E-state index is 0.314. The van der Waals surface area contributed by atoms with Crippen molar-refractivity contribution in [2.45, 2.75) is 6.16 Å². The fraction of sp³-hybridized carbons (Fsp3) is 0.0667. The molecule has 1 aromatic heterocycles. The van der Waals surface area contributed by atoms with Crippen molar-refractivity contribution in [1.82, 2.24) is 15.2 Å². The predicted octanol–water partition coefficient (Wildman–Crippen LogP) is 2.98. The second kappa shape index (κ2) is 5.80. The van der Waals surface area contributed by atoms with Crippen molar-refractivity contribution in [2.24, 2.45) is 0 Å². The molecule has 2 N–H and O–H groups in total. The monoisotopic (exact) mass is 315 g/mol. The number of aromatic amines is 2.